The summed E-state index contributed by atoms with van der Waals surface area (Å²) >= 11 is 0. The standard InChI is InChI=1S/C17H24N4/c1-13(2)10-18-11-15-12-19-17(20-14(15)3)21(4)16-8-6-5-7-9-16/h5-9,12-13,18H,10-11H2,1-4H3. The van der Waals surface area contributed by atoms with Crippen molar-refractivity contribution in [2.45, 2.75) is 27.3 Å². The Balaban J connectivity index is 2.08. The summed E-state index contributed by atoms with van der Waals surface area (Å²) in [4.78, 5) is 11.1. The number of anilines is 2. The Morgan fingerprint density at radius 1 is 1.19 bits per heavy atom. The number of para-hydroxylation sites is 1. The molecule has 112 valence electrons. The summed E-state index contributed by atoms with van der Waals surface area (Å²) < 4.78 is 0. The molecule has 1 heterocycles. The molecule has 0 aliphatic rings. The molecular formula is C17H24N4. The van der Waals surface area contributed by atoms with Gasteiger partial charge in [0.05, 0.1) is 0 Å². The molecule has 4 nitrogen and oxygen atoms in total. The molecule has 0 atom stereocenters. The van der Waals surface area contributed by atoms with Crippen molar-refractivity contribution in [2.24, 2.45) is 5.92 Å². The van der Waals surface area contributed by atoms with E-state index in [2.05, 4.69) is 41.3 Å². The number of nitrogens with zero attached hydrogens (tertiary/aromatic N) is 3. The van der Waals surface area contributed by atoms with Gasteiger partial charge < -0.3 is 10.2 Å². The van der Waals surface area contributed by atoms with Crippen LogP contribution in [0, 0.1) is 12.8 Å². The first kappa shape index (κ1) is 15.4. The summed E-state index contributed by atoms with van der Waals surface area (Å²) in [7, 11) is 1.99. The molecule has 2 rings (SSSR count). The van der Waals surface area contributed by atoms with Crippen LogP contribution in [-0.4, -0.2) is 23.6 Å². The van der Waals surface area contributed by atoms with Crippen LogP contribution in [0.4, 0.5) is 11.6 Å². The third kappa shape index (κ3) is 4.26. The molecule has 0 aliphatic carbocycles. The van der Waals surface area contributed by atoms with Crippen molar-refractivity contribution in [2.75, 3.05) is 18.5 Å². The van der Waals surface area contributed by atoms with Crippen molar-refractivity contribution >= 4 is 11.6 Å². The Morgan fingerprint density at radius 3 is 2.52 bits per heavy atom. The monoisotopic (exact) mass is 284 g/mol. The van der Waals surface area contributed by atoms with Crippen LogP contribution >= 0.6 is 0 Å². The first-order valence-electron chi connectivity index (χ1n) is 7.40. The second kappa shape index (κ2) is 7.18. The first-order chi connectivity index (χ1) is 10.1. The van der Waals surface area contributed by atoms with Gasteiger partial charge >= 0.3 is 0 Å². The maximum Gasteiger partial charge on any atom is 0.229 e. The van der Waals surface area contributed by atoms with Crippen molar-refractivity contribution in [3.63, 3.8) is 0 Å². The molecule has 1 aromatic heterocycles. The lowest BCUT2D eigenvalue weighted by Crippen LogP contribution is -2.20. The number of hydrogen-bond donors (Lipinski definition) is 1. The molecule has 0 saturated heterocycles. The minimum Gasteiger partial charge on any atom is -0.314 e. The van der Waals surface area contributed by atoms with Gasteiger partial charge in [-0.3, -0.25) is 0 Å². The molecule has 0 saturated carbocycles. The van der Waals surface area contributed by atoms with Gasteiger partial charge in [-0.1, -0.05) is 32.0 Å². The Kier molecular flexibility index (Phi) is 5.28. The molecule has 0 unspecified atom stereocenters. The average Bonchev–Trinajstić information content (AvgIpc) is 2.48. The predicted molar refractivity (Wildman–Crippen MR) is 87.8 cm³/mol. The van der Waals surface area contributed by atoms with E-state index in [1.54, 1.807) is 0 Å². The summed E-state index contributed by atoms with van der Waals surface area (Å²) in [6, 6.07) is 10.1. The van der Waals surface area contributed by atoms with E-state index in [0.717, 1.165) is 36.0 Å². The highest BCUT2D eigenvalue weighted by atomic mass is 15.2. The van der Waals surface area contributed by atoms with Gasteiger partial charge in [0, 0.05) is 36.7 Å². The second-order valence-electron chi connectivity index (χ2n) is 5.70. The van der Waals surface area contributed by atoms with Crippen LogP contribution in [0.1, 0.15) is 25.1 Å². The zero-order chi connectivity index (χ0) is 15.2. The molecule has 0 radical (unpaired) electrons. The fourth-order valence-corrected chi connectivity index (χ4v) is 2.08. The van der Waals surface area contributed by atoms with Crippen LogP contribution in [0.5, 0.6) is 0 Å². The highest BCUT2D eigenvalue weighted by Gasteiger charge is 2.09. The molecule has 0 aliphatic heterocycles. The van der Waals surface area contributed by atoms with Gasteiger partial charge in [-0.25, -0.2) is 9.97 Å². The molecule has 1 N–H and O–H groups in total. The maximum atomic E-state index is 4.62. The van der Waals surface area contributed by atoms with Crippen LogP contribution in [0.25, 0.3) is 0 Å². The van der Waals surface area contributed by atoms with Gasteiger partial charge in [0.25, 0.3) is 0 Å². The zero-order valence-corrected chi connectivity index (χ0v) is 13.3. The van der Waals surface area contributed by atoms with Crippen LogP contribution in [0.15, 0.2) is 36.5 Å². The lowest BCUT2D eigenvalue weighted by Gasteiger charge is -2.18. The summed E-state index contributed by atoms with van der Waals surface area (Å²) in [5, 5.41) is 3.43. The van der Waals surface area contributed by atoms with E-state index in [1.165, 1.54) is 0 Å². The first-order valence-corrected chi connectivity index (χ1v) is 7.40. The van der Waals surface area contributed by atoms with Gasteiger partial charge in [0.1, 0.15) is 0 Å². The van der Waals surface area contributed by atoms with Gasteiger partial charge in [-0.2, -0.15) is 0 Å². The lowest BCUT2D eigenvalue weighted by molar-refractivity contribution is 0.550. The van der Waals surface area contributed by atoms with Crippen LogP contribution < -0.4 is 10.2 Å². The highest BCUT2D eigenvalue weighted by Crippen LogP contribution is 2.20. The van der Waals surface area contributed by atoms with Crippen LogP contribution in [-0.2, 0) is 6.54 Å². The van der Waals surface area contributed by atoms with E-state index >= 15 is 0 Å². The fourth-order valence-electron chi connectivity index (χ4n) is 2.08. The third-order valence-electron chi connectivity index (χ3n) is 3.38. The average molecular weight is 284 g/mol. The van der Waals surface area contributed by atoms with Gasteiger partial charge in [0.15, 0.2) is 0 Å². The van der Waals surface area contributed by atoms with E-state index in [1.807, 2.05) is 43.3 Å². The number of aryl methyl sites for hydroxylation is 1. The Hall–Kier alpha value is -1.94. The Labute approximate surface area is 127 Å². The molecule has 0 amide bonds. The number of rotatable bonds is 6. The van der Waals surface area contributed by atoms with E-state index in [4.69, 9.17) is 0 Å². The van der Waals surface area contributed by atoms with E-state index in [-0.39, 0.29) is 0 Å². The van der Waals surface area contributed by atoms with Gasteiger partial charge in [-0.05, 0) is 31.5 Å². The lowest BCUT2D eigenvalue weighted by atomic mass is 10.2. The molecule has 21 heavy (non-hydrogen) atoms. The van der Waals surface area contributed by atoms with Crippen molar-refractivity contribution in [1.29, 1.82) is 0 Å². The molecule has 0 bridgehead atoms. The minimum absolute atomic E-state index is 0.648. The maximum absolute atomic E-state index is 4.62. The van der Waals surface area contributed by atoms with Crippen molar-refractivity contribution in [1.82, 2.24) is 15.3 Å². The second-order valence-corrected chi connectivity index (χ2v) is 5.70. The number of nitrogens with one attached hydrogen (secondary N) is 1. The van der Waals surface area contributed by atoms with E-state index in [9.17, 15) is 0 Å². The molecular weight excluding hydrogens is 260 g/mol. The molecule has 0 fully saturated rings. The van der Waals surface area contributed by atoms with Gasteiger partial charge in [-0.15, -0.1) is 0 Å². The Bertz CT molecular complexity index is 566. The van der Waals surface area contributed by atoms with Crippen LogP contribution in [0.3, 0.4) is 0 Å². The van der Waals surface area contributed by atoms with E-state index in [0.29, 0.717) is 5.92 Å². The number of aromatic nitrogens is 2. The molecule has 4 heteroatoms. The zero-order valence-electron chi connectivity index (χ0n) is 13.3. The predicted octanol–water partition coefficient (Wildman–Crippen LogP) is 3.30. The van der Waals surface area contributed by atoms with Crippen LogP contribution in [0.2, 0.25) is 0 Å². The Morgan fingerprint density at radius 2 is 1.90 bits per heavy atom. The van der Waals surface area contributed by atoms with Crippen molar-refractivity contribution in [3.8, 4) is 0 Å². The van der Waals surface area contributed by atoms with Crippen molar-refractivity contribution in [3.05, 3.63) is 47.8 Å². The summed E-state index contributed by atoms with van der Waals surface area (Å²) in [6.45, 7) is 8.27. The number of hydrogen-bond acceptors (Lipinski definition) is 4. The summed E-state index contributed by atoms with van der Waals surface area (Å²) in [5.74, 6) is 1.38. The fraction of sp³-hybridized carbons (Fsp3) is 0.412. The smallest absolute Gasteiger partial charge is 0.229 e. The number of benzene rings is 1. The third-order valence-corrected chi connectivity index (χ3v) is 3.38. The SMILES string of the molecule is Cc1nc(N(C)c2ccccc2)ncc1CNCC(C)C. The normalized spacial score (nSPS) is 10.9. The molecule has 1 aromatic carbocycles. The largest absolute Gasteiger partial charge is 0.314 e. The summed E-state index contributed by atoms with van der Waals surface area (Å²) in [5.41, 5.74) is 3.27. The van der Waals surface area contributed by atoms with Crippen molar-refractivity contribution < 1.29 is 0 Å². The van der Waals surface area contributed by atoms with E-state index < -0.39 is 0 Å². The van der Waals surface area contributed by atoms with Gasteiger partial charge in [0.2, 0.25) is 5.95 Å². The molecule has 2 aromatic rings. The quantitative estimate of drug-likeness (QED) is 0.883. The highest BCUT2D eigenvalue weighted by molar-refractivity contribution is 5.55. The molecule has 0 spiro atoms. The minimum atomic E-state index is 0.648. The summed E-state index contributed by atoms with van der Waals surface area (Å²) in [6.07, 6.45) is 1.92. The topological polar surface area (TPSA) is 41.1 Å².